The number of hydrogen-bond donors (Lipinski definition) is 1. The van der Waals surface area contributed by atoms with Crippen LogP contribution in [0.5, 0.6) is 0 Å². The van der Waals surface area contributed by atoms with E-state index in [-0.39, 0.29) is 29.8 Å². The summed E-state index contributed by atoms with van der Waals surface area (Å²) in [5, 5.41) is 3.13. The summed E-state index contributed by atoms with van der Waals surface area (Å²) >= 11 is 11.8. The van der Waals surface area contributed by atoms with Crippen molar-refractivity contribution in [2.75, 3.05) is 11.9 Å². The van der Waals surface area contributed by atoms with Crippen LogP contribution in [0.1, 0.15) is 18.9 Å². The number of benzene rings is 2. The van der Waals surface area contributed by atoms with Crippen LogP contribution in [0, 0.1) is 5.82 Å². The number of hydrogen-bond acceptors (Lipinski definition) is 2. The summed E-state index contributed by atoms with van der Waals surface area (Å²) in [7, 11) is 0. The van der Waals surface area contributed by atoms with E-state index < -0.39 is 5.82 Å². The molecule has 2 amide bonds. The van der Waals surface area contributed by atoms with Gasteiger partial charge in [-0.05, 0) is 29.8 Å². The third kappa shape index (κ3) is 5.73. The van der Waals surface area contributed by atoms with Crippen LogP contribution in [-0.2, 0) is 16.1 Å². The first kappa shape index (κ1) is 19.2. The summed E-state index contributed by atoms with van der Waals surface area (Å²) in [5.41, 5.74) is 1.21. The van der Waals surface area contributed by atoms with Crippen molar-refractivity contribution in [2.45, 2.75) is 19.9 Å². The minimum Gasteiger partial charge on any atom is -0.338 e. The van der Waals surface area contributed by atoms with Gasteiger partial charge >= 0.3 is 0 Å². The van der Waals surface area contributed by atoms with Crippen molar-refractivity contribution in [1.82, 2.24) is 4.90 Å². The third-order valence-corrected chi connectivity index (χ3v) is 4.23. The third-order valence-electron chi connectivity index (χ3n) is 3.58. The summed E-state index contributed by atoms with van der Waals surface area (Å²) in [5.74, 6) is -1.01. The summed E-state index contributed by atoms with van der Waals surface area (Å²) in [6, 6.07) is 11.2. The second-order valence-electron chi connectivity index (χ2n) is 5.46. The standard InChI is InChI=1S/C18H17Cl2FN2O2/c1-12(24)23(11-13-4-2-3-5-15(13)19)9-8-18(25)22-14-6-7-17(21)16(20)10-14/h2-7,10H,8-9,11H2,1H3,(H,22,25). The van der Waals surface area contributed by atoms with Gasteiger partial charge in [0.1, 0.15) is 5.82 Å². The lowest BCUT2D eigenvalue weighted by atomic mass is 10.2. The van der Waals surface area contributed by atoms with Crippen molar-refractivity contribution in [1.29, 1.82) is 0 Å². The Kier molecular flexibility index (Phi) is 6.79. The monoisotopic (exact) mass is 382 g/mol. The molecule has 0 spiro atoms. The van der Waals surface area contributed by atoms with Gasteiger partial charge in [-0.3, -0.25) is 9.59 Å². The summed E-state index contributed by atoms with van der Waals surface area (Å²) in [6.45, 7) is 2.00. The molecule has 1 N–H and O–H groups in total. The van der Waals surface area contributed by atoms with Crippen molar-refractivity contribution in [3.63, 3.8) is 0 Å². The molecule has 0 atom stereocenters. The predicted octanol–water partition coefficient (Wildman–Crippen LogP) is 4.51. The average Bonchev–Trinajstić information content (AvgIpc) is 2.56. The van der Waals surface area contributed by atoms with Crippen LogP contribution in [0.25, 0.3) is 0 Å². The van der Waals surface area contributed by atoms with Crippen LogP contribution in [0.4, 0.5) is 10.1 Å². The number of carbonyl (C=O) groups excluding carboxylic acids is 2. The molecule has 7 heteroatoms. The van der Waals surface area contributed by atoms with Gasteiger partial charge in [-0.25, -0.2) is 4.39 Å². The van der Waals surface area contributed by atoms with E-state index in [9.17, 15) is 14.0 Å². The van der Waals surface area contributed by atoms with E-state index in [4.69, 9.17) is 23.2 Å². The zero-order chi connectivity index (χ0) is 18.4. The minimum atomic E-state index is -0.554. The van der Waals surface area contributed by atoms with Crippen molar-refractivity contribution in [3.05, 3.63) is 63.9 Å². The smallest absolute Gasteiger partial charge is 0.226 e. The Balaban J connectivity index is 1.94. The average molecular weight is 383 g/mol. The number of carbonyl (C=O) groups is 2. The van der Waals surface area contributed by atoms with Gasteiger partial charge in [-0.1, -0.05) is 41.4 Å². The molecule has 0 aliphatic rings. The van der Waals surface area contributed by atoms with E-state index in [1.165, 1.54) is 25.1 Å². The van der Waals surface area contributed by atoms with Crippen LogP contribution in [0.2, 0.25) is 10.0 Å². The quantitative estimate of drug-likeness (QED) is 0.798. The lowest BCUT2D eigenvalue weighted by Crippen LogP contribution is -2.31. The normalized spacial score (nSPS) is 10.4. The molecule has 4 nitrogen and oxygen atoms in total. The zero-order valence-corrected chi connectivity index (χ0v) is 15.1. The fourth-order valence-electron chi connectivity index (χ4n) is 2.21. The number of nitrogens with zero attached hydrogens (tertiary/aromatic N) is 1. The predicted molar refractivity (Wildman–Crippen MR) is 97.2 cm³/mol. The maximum Gasteiger partial charge on any atom is 0.226 e. The summed E-state index contributed by atoms with van der Waals surface area (Å²) in [4.78, 5) is 25.4. The first-order valence-corrected chi connectivity index (χ1v) is 8.36. The molecule has 0 aliphatic carbocycles. The number of nitrogens with one attached hydrogen (secondary N) is 1. The van der Waals surface area contributed by atoms with Crippen molar-refractivity contribution >= 4 is 40.7 Å². The van der Waals surface area contributed by atoms with E-state index in [2.05, 4.69) is 5.32 Å². The summed E-state index contributed by atoms with van der Waals surface area (Å²) in [6.07, 6.45) is 0.0963. The fraction of sp³-hybridized carbons (Fsp3) is 0.222. The van der Waals surface area contributed by atoms with E-state index in [1.807, 2.05) is 18.2 Å². The van der Waals surface area contributed by atoms with Crippen molar-refractivity contribution in [3.8, 4) is 0 Å². The van der Waals surface area contributed by atoms with Crippen LogP contribution < -0.4 is 5.32 Å². The molecule has 0 bridgehead atoms. The zero-order valence-electron chi connectivity index (χ0n) is 13.6. The van der Waals surface area contributed by atoms with Crippen LogP contribution in [0.3, 0.4) is 0 Å². The number of halogens is 3. The maximum absolute atomic E-state index is 13.1. The highest BCUT2D eigenvalue weighted by molar-refractivity contribution is 6.31. The Morgan fingerprint density at radius 1 is 1.12 bits per heavy atom. The maximum atomic E-state index is 13.1. The highest BCUT2D eigenvalue weighted by atomic mass is 35.5. The van der Waals surface area contributed by atoms with Crippen LogP contribution in [0.15, 0.2) is 42.5 Å². The molecule has 0 aliphatic heterocycles. The molecule has 0 aromatic heterocycles. The SMILES string of the molecule is CC(=O)N(CCC(=O)Nc1ccc(F)c(Cl)c1)Cc1ccccc1Cl. The van der Waals surface area contributed by atoms with Gasteiger partial charge < -0.3 is 10.2 Å². The van der Waals surface area contributed by atoms with Crippen LogP contribution >= 0.6 is 23.2 Å². The molecule has 132 valence electrons. The molecular formula is C18H17Cl2FN2O2. The van der Waals surface area contributed by atoms with Gasteiger partial charge in [0.15, 0.2) is 0 Å². The topological polar surface area (TPSA) is 49.4 Å². The molecule has 0 saturated heterocycles. The second-order valence-corrected chi connectivity index (χ2v) is 6.27. The highest BCUT2D eigenvalue weighted by Gasteiger charge is 2.14. The lowest BCUT2D eigenvalue weighted by molar-refractivity contribution is -0.129. The Hall–Kier alpha value is -2.11. The highest BCUT2D eigenvalue weighted by Crippen LogP contribution is 2.20. The molecule has 25 heavy (non-hydrogen) atoms. The molecule has 0 radical (unpaired) electrons. The van der Waals surface area contributed by atoms with Gasteiger partial charge in [0.05, 0.1) is 5.02 Å². The molecule has 2 aromatic carbocycles. The van der Waals surface area contributed by atoms with E-state index in [1.54, 1.807) is 11.0 Å². The Labute approximate surface area is 155 Å². The lowest BCUT2D eigenvalue weighted by Gasteiger charge is -2.21. The Morgan fingerprint density at radius 2 is 1.84 bits per heavy atom. The first-order valence-electron chi connectivity index (χ1n) is 7.60. The molecule has 0 unspecified atom stereocenters. The van der Waals surface area contributed by atoms with E-state index in [0.717, 1.165) is 5.56 Å². The van der Waals surface area contributed by atoms with Gasteiger partial charge in [-0.2, -0.15) is 0 Å². The number of rotatable bonds is 6. The van der Waals surface area contributed by atoms with Crippen LogP contribution in [-0.4, -0.2) is 23.3 Å². The van der Waals surface area contributed by atoms with Gasteiger partial charge in [0.2, 0.25) is 11.8 Å². The second kappa shape index (κ2) is 8.83. The Bertz CT molecular complexity index is 783. The van der Waals surface area contributed by atoms with Crippen molar-refractivity contribution < 1.29 is 14.0 Å². The minimum absolute atomic E-state index is 0.0677. The molecular weight excluding hydrogens is 366 g/mol. The molecule has 0 saturated carbocycles. The fourth-order valence-corrected chi connectivity index (χ4v) is 2.59. The molecule has 2 aromatic rings. The number of anilines is 1. The van der Waals surface area contributed by atoms with Crippen molar-refractivity contribution in [2.24, 2.45) is 0 Å². The van der Waals surface area contributed by atoms with E-state index in [0.29, 0.717) is 17.3 Å². The number of amides is 2. The van der Waals surface area contributed by atoms with Gasteiger partial charge in [0, 0.05) is 37.1 Å². The largest absolute Gasteiger partial charge is 0.338 e. The van der Waals surface area contributed by atoms with E-state index >= 15 is 0 Å². The first-order chi connectivity index (χ1) is 11.9. The Morgan fingerprint density at radius 3 is 2.48 bits per heavy atom. The van der Waals surface area contributed by atoms with Gasteiger partial charge in [0.25, 0.3) is 0 Å². The molecule has 2 rings (SSSR count). The molecule has 0 fully saturated rings. The van der Waals surface area contributed by atoms with Gasteiger partial charge in [-0.15, -0.1) is 0 Å². The summed E-state index contributed by atoms with van der Waals surface area (Å²) < 4.78 is 13.1. The molecule has 0 heterocycles.